The smallest absolute Gasteiger partial charge is 0.140 e. The van der Waals surface area contributed by atoms with E-state index in [-0.39, 0.29) is 6.10 Å². The normalized spacial score (nSPS) is 12.6. The Balaban J connectivity index is 2.83. The van der Waals surface area contributed by atoms with Crippen LogP contribution in [0.3, 0.4) is 0 Å². The number of ether oxygens (including phenoxy) is 2. The number of hydrogen-bond donors (Lipinski definition) is 1. The summed E-state index contributed by atoms with van der Waals surface area (Å²) in [5.74, 6) is 0.502. The summed E-state index contributed by atoms with van der Waals surface area (Å²) < 4.78 is 11.3. The Morgan fingerprint density at radius 2 is 2.06 bits per heavy atom. The number of benzene rings is 1. The lowest BCUT2D eigenvalue weighted by Gasteiger charge is -2.17. The molecule has 0 fully saturated rings. The van der Waals surface area contributed by atoms with Crippen molar-refractivity contribution in [2.24, 2.45) is 5.73 Å². The molecule has 1 aromatic rings. The van der Waals surface area contributed by atoms with Gasteiger partial charge in [-0.05, 0) is 22.0 Å². The maximum Gasteiger partial charge on any atom is 0.140 e. The second-order valence-electron chi connectivity index (χ2n) is 3.13. The summed E-state index contributed by atoms with van der Waals surface area (Å²) in [5, 5.41) is 1.01. The van der Waals surface area contributed by atoms with Crippen LogP contribution in [0.15, 0.2) is 16.6 Å². The predicted molar refractivity (Wildman–Crippen MR) is 69.5 cm³/mol. The zero-order valence-electron chi connectivity index (χ0n) is 8.67. The fourth-order valence-electron chi connectivity index (χ4n) is 1.11. The molecule has 0 saturated heterocycles. The molecular weight excluding hydrogens is 317 g/mol. The summed E-state index contributed by atoms with van der Waals surface area (Å²) in [6.07, 6.45) is -0.236. The van der Waals surface area contributed by atoms with Crippen molar-refractivity contribution >= 4 is 39.1 Å². The largest absolute Gasteiger partial charge is 0.485 e. The van der Waals surface area contributed by atoms with Crippen LogP contribution in [-0.4, -0.2) is 26.4 Å². The van der Waals surface area contributed by atoms with Crippen molar-refractivity contribution in [3.8, 4) is 5.75 Å². The summed E-state index contributed by atoms with van der Waals surface area (Å²) in [6.45, 7) is 0.748. The summed E-state index contributed by atoms with van der Waals surface area (Å²) in [6, 6.07) is 3.33. The molecule has 0 saturated carbocycles. The molecule has 3 nitrogen and oxygen atoms in total. The van der Waals surface area contributed by atoms with Gasteiger partial charge in [-0.2, -0.15) is 0 Å². The second-order valence-corrected chi connectivity index (χ2v) is 4.80. The highest BCUT2D eigenvalue weighted by Gasteiger charge is 2.12. The van der Waals surface area contributed by atoms with Crippen LogP contribution < -0.4 is 10.5 Å². The van der Waals surface area contributed by atoms with Crippen LogP contribution in [0.2, 0.25) is 10.0 Å². The minimum atomic E-state index is -0.236. The Bertz CT molecular complexity index is 363. The molecule has 6 heteroatoms. The van der Waals surface area contributed by atoms with E-state index in [4.69, 9.17) is 38.4 Å². The summed E-state index contributed by atoms with van der Waals surface area (Å²) in [7, 11) is 1.59. The number of hydrogen-bond acceptors (Lipinski definition) is 3. The van der Waals surface area contributed by atoms with Gasteiger partial charge in [0.1, 0.15) is 11.9 Å². The molecule has 0 bridgehead atoms. The average molecular weight is 329 g/mol. The van der Waals surface area contributed by atoms with Crippen molar-refractivity contribution in [1.29, 1.82) is 0 Å². The number of halogens is 3. The zero-order valence-corrected chi connectivity index (χ0v) is 11.8. The molecule has 0 aromatic heterocycles. The van der Waals surface area contributed by atoms with Crippen LogP contribution in [0.5, 0.6) is 5.75 Å². The van der Waals surface area contributed by atoms with Crippen LogP contribution in [-0.2, 0) is 4.74 Å². The molecule has 1 rings (SSSR count). The molecule has 0 aliphatic carbocycles. The van der Waals surface area contributed by atoms with Crippen molar-refractivity contribution in [3.05, 3.63) is 26.7 Å². The van der Waals surface area contributed by atoms with Gasteiger partial charge in [0.15, 0.2) is 0 Å². The van der Waals surface area contributed by atoms with Crippen LogP contribution in [0.1, 0.15) is 0 Å². The van der Waals surface area contributed by atoms with Crippen molar-refractivity contribution in [2.45, 2.75) is 6.10 Å². The lowest BCUT2D eigenvalue weighted by molar-refractivity contribution is 0.0861. The Morgan fingerprint density at radius 1 is 1.38 bits per heavy atom. The maximum atomic E-state index is 6.01. The maximum absolute atomic E-state index is 6.01. The number of nitrogens with two attached hydrogens (primary N) is 1. The molecule has 1 atom stereocenters. The third-order valence-corrected chi connectivity index (χ3v) is 3.38. The molecule has 0 heterocycles. The van der Waals surface area contributed by atoms with Crippen molar-refractivity contribution in [3.63, 3.8) is 0 Å². The minimum absolute atomic E-state index is 0.236. The van der Waals surface area contributed by atoms with Gasteiger partial charge in [-0.1, -0.05) is 23.2 Å². The fourth-order valence-corrected chi connectivity index (χ4v) is 1.95. The van der Waals surface area contributed by atoms with Gasteiger partial charge < -0.3 is 15.2 Å². The fraction of sp³-hybridized carbons (Fsp3) is 0.400. The van der Waals surface area contributed by atoms with E-state index in [1.54, 1.807) is 19.2 Å². The second kappa shape index (κ2) is 6.67. The van der Waals surface area contributed by atoms with E-state index in [9.17, 15) is 0 Å². The molecule has 0 amide bonds. The van der Waals surface area contributed by atoms with Gasteiger partial charge >= 0.3 is 0 Å². The first-order chi connectivity index (χ1) is 7.58. The monoisotopic (exact) mass is 327 g/mol. The molecule has 1 unspecified atom stereocenters. The predicted octanol–water partition coefficient (Wildman–Crippen LogP) is 3.11. The third-order valence-electron chi connectivity index (χ3n) is 1.88. The van der Waals surface area contributed by atoms with E-state index in [0.29, 0.717) is 28.9 Å². The Morgan fingerprint density at radius 3 is 2.62 bits per heavy atom. The minimum Gasteiger partial charge on any atom is -0.485 e. The van der Waals surface area contributed by atoms with Gasteiger partial charge in [-0.3, -0.25) is 0 Å². The average Bonchev–Trinajstić information content (AvgIpc) is 2.25. The van der Waals surface area contributed by atoms with Gasteiger partial charge in [0.25, 0.3) is 0 Å². The first-order valence-corrected chi connectivity index (χ1v) is 6.13. The standard InChI is InChI=1S/C10H12BrCl2NO2/c1-15-5-6(4-14)16-10-3-8(12)7(11)2-9(10)13/h2-3,6H,4-5,14H2,1H3. The van der Waals surface area contributed by atoms with E-state index in [2.05, 4.69) is 15.9 Å². The third kappa shape index (κ3) is 3.79. The molecule has 90 valence electrons. The first-order valence-electron chi connectivity index (χ1n) is 4.58. The van der Waals surface area contributed by atoms with Gasteiger partial charge in [0.2, 0.25) is 0 Å². The molecule has 0 spiro atoms. The molecule has 0 aliphatic rings. The van der Waals surface area contributed by atoms with Gasteiger partial charge in [-0.15, -0.1) is 0 Å². The van der Waals surface area contributed by atoms with E-state index in [1.807, 2.05) is 0 Å². The Kier molecular flexibility index (Phi) is 5.86. The van der Waals surface area contributed by atoms with Crippen LogP contribution in [0, 0.1) is 0 Å². The number of methoxy groups -OCH3 is 1. The highest BCUT2D eigenvalue weighted by molar-refractivity contribution is 9.10. The highest BCUT2D eigenvalue weighted by atomic mass is 79.9. The molecule has 0 radical (unpaired) electrons. The first kappa shape index (κ1) is 14.1. The summed E-state index contributed by atoms with van der Waals surface area (Å²) in [4.78, 5) is 0. The van der Waals surface area contributed by atoms with Gasteiger partial charge in [-0.25, -0.2) is 0 Å². The van der Waals surface area contributed by atoms with E-state index < -0.39 is 0 Å². The summed E-state index contributed by atoms with van der Waals surface area (Å²) >= 11 is 15.2. The lowest BCUT2D eigenvalue weighted by atomic mass is 10.3. The molecule has 2 N–H and O–H groups in total. The van der Waals surface area contributed by atoms with Crippen molar-refractivity contribution in [1.82, 2.24) is 0 Å². The number of rotatable bonds is 5. The molecule has 0 aliphatic heterocycles. The SMILES string of the molecule is COCC(CN)Oc1cc(Cl)c(Br)cc1Cl. The highest BCUT2D eigenvalue weighted by Crippen LogP contribution is 2.34. The molecular formula is C10H12BrCl2NO2. The van der Waals surface area contributed by atoms with E-state index in [1.165, 1.54) is 0 Å². The molecule has 1 aromatic carbocycles. The van der Waals surface area contributed by atoms with Gasteiger partial charge in [0, 0.05) is 24.2 Å². The van der Waals surface area contributed by atoms with Crippen molar-refractivity contribution in [2.75, 3.05) is 20.3 Å². The lowest BCUT2D eigenvalue weighted by Crippen LogP contribution is -2.31. The summed E-state index contributed by atoms with van der Waals surface area (Å²) in [5.41, 5.74) is 5.53. The van der Waals surface area contributed by atoms with Crippen LogP contribution >= 0.6 is 39.1 Å². The Hall–Kier alpha value is -0.0000000000000000555. The Labute approximate surface area is 113 Å². The van der Waals surface area contributed by atoms with E-state index >= 15 is 0 Å². The van der Waals surface area contributed by atoms with E-state index in [0.717, 1.165) is 4.47 Å². The quantitative estimate of drug-likeness (QED) is 0.845. The van der Waals surface area contributed by atoms with Gasteiger partial charge in [0.05, 0.1) is 16.7 Å². The van der Waals surface area contributed by atoms with Crippen LogP contribution in [0.25, 0.3) is 0 Å². The van der Waals surface area contributed by atoms with Crippen molar-refractivity contribution < 1.29 is 9.47 Å². The topological polar surface area (TPSA) is 44.5 Å². The zero-order chi connectivity index (χ0) is 12.1. The molecule has 16 heavy (non-hydrogen) atoms. The van der Waals surface area contributed by atoms with Crippen LogP contribution in [0.4, 0.5) is 0 Å².